The summed E-state index contributed by atoms with van der Waals surface area (Å²) < 4.78 is 11.1. The monoisotopic (exact) mass is 572 g/mol. The van der Waals surface area contributed by atoms with E-state index in [2.05, 4.69) is 50.0 Å². The number of ether oxygens (including phenoxy) is 1. The molecular formula is C31H40N8O3. The SMILES string of the molecule is CCCCCn1c2cc(-c3cnn(Cc4ccc5c(c4)CCN(C(=O)OC(C)(C)C)C5)c3)[nH]c2c(=O)n2c(C)nnc12.[HH]. The van der Waals surface area contributed by atoms with Gasteiger partial charge in [0.05, 0.1) is 24.0 Å². The lowest BCUT2D eigenvalue weighted by Crippen LogP contribution is -2.39. The molecule has 0 saturated carbocycles. The molecule has 42 heavy (non-hydrogen) atoms. The van der Waals surface area contributed by atoms with Crippen LogP contribution in [0.15, 0.2) is 41.5 Å². The lowest BCUT2D eigenvalue weighted by atomic mass is 9.97. The number of benzene rings is 1. The van der Waals surface area contributed by atoms with Gasteiger partial charge in [0.15, 0.2) is 0 Å². The Morgan fingerprint density at radius 3 is 2.76 bits per heavy atom. The number of nitrogens with zero attached hydrogens (tertiary/aromatic N) is 7. The van der Waals surface area contributed by atoms with Crippen LogP contribution in [0, 0.1) is 6.92 Å². The topological polar surface area (TPSA) is 115 Å². The van der Waals surface area contributed by atoms with Gasteiger partial charge in [-0.25, -0.2) is 9.20 Å². The van der Waals surface area contributed by atoms with E-state index in [1.165, 1.54) is 5.56 Å². The zero-order chi connectivity index (χ0) is 29.6. The molecule has 5 heterocycles. The Bertz CT molecular complexity index is 1840. The van der Waals surface area contributed by atoms with E-state index in [0.717, 1.165) is 60.1 Å². The number of aryl methyl sites for hydroxylation is 2. The van der Waals surface area contributed by atoms with Gasteiger partial charge >= 0.3 is 6.09 Å². The van der Waals surface area contributed by atoms with E-state index >= 15 is 0 Å². The fourth-order valence-electron chi connectivity index (χ4n) is 5.66. The van der Waals surface area contributed by atoms with Crippen molar-refractivity contribution in [2.75, 3.05) is 6.54 Å². The maximum absolute atomic E-state index is 13.4. The van der Waals surface area contributed by atoms with Gasteiger partial charge in [0.25, 0.3) is 5.56 Å². The average molecular weight is 573 g/mol. The molecule has 1 aromatic carbocycles. The molecule has 1 aliphatic heterocycles. The average Bonchev–Trinajstić information content (AvgIpc) is 3.68. The summed E-state index contributed by atoms with van der Waals surface area (Å²) in [5.41, 5.74) is 6.00. The first-order valence-corrected chi connectivity index (χ1v) is 14.7. The molecule has 1 aliphatic rings. The largest absolute Gasteiger partial charge is 0.444 e. The molecule has 5 aromatic rings. The van der Waals surface area contributed by atoms with Crippen molar-refractivity contribution in [3.63, 3.8) is 0 Å². The first-order chi connectivity index (χ1) is 20.1. The number of hydrogen-bond donors (Lipinski definition) is 1. The number of hydrogen-bond acceptors (Lipinski definition) is 6. The van der Waals surface area contributed by atoms with Crippen LogP contribution in [0.5, 0.6) is 0 Å². The predicted molar refractivity (Wildman–Crippen MR) is 163 cm³/mol. The molecule has 0 aliphatic carbocycles. The van der Waals surface area contributed by atoms with E-state index in [1.807, 2.05) is 43.9 Å². The number of H-pyrrole nitrogens is 1. The second-order valence-electron chi connectivity index (χ2n) is 12.2. The lowest BCUT2D eigenvalue weighted by molar-refractivity contribution is 0.0224. The summed E-state index contributed by atoms with van der Waals surface area (Å²) in [7, 11) is 0. The van der Waals surface area contributed by atoms with Crippen molar-refractivity contribution in [3.05, 3.63) is 69.5 Å². The number of aromatic amines is 1. The van der Waals surface area contributed by atoms with E-state index in [4.69, 9.17) is 4.74 Å². The molecule has 0 unspecified atom stereocenters. The number of amides is 1. The maximum atomic E-state index is 13.4. The van der Waals surface area contributed by atoms with Crippen LogP contribution in [0.25, 0.3) is 28.1 Å². The third-order valence-electron chi connectivity index (χ3n) is 7.76. The minimum Gasteiger partial charge on any atom is -0.444 e. The van der Waals surface area contributed by atoms with E-state index in [1.54, 1.807) is 16.2 Å². The number of rotatable bonds is 7. The van der Waals surface area contributed by atoms with E-state index in [9.17, 15) is 9.59 Å². The van der Waals surface area contributed by atoms with Crippen molar-refractivity contribution in [2.45, 2.75) is 85.5 Å². The zero-order valence-electron chi connectivity index (χ0n) is 25.0. The van der Waals surface area contributed by atoms with Crippen LogP contribution in [-0.4, -0.2) is 57.1 Å². The van der Waals surface area contributed by atoms with Gasteiger partial charge in [-0.1, -0.05) is 38.0 Å². The number of nitrogens with one attached hydrogen (secondary N) is 1. The van der Waals surface area contributed by atoms with E-state index in [-0.39, 0.29) is 13.1 Å². The van der Waals surface area contributed by atoms with Crippen LogP contribution in [0.1, 0.15) is 70.9 Å². The number of aromatic nitrogens is 7. The molecule has 0 spiro atoms. The highest BCUT2D eigenvalue weighted by Crippen LogP contribution is 2.26. The number of unbranched alkanes of at least 4 members (excludes halogenated alkanes) is 2. The zero-order valence-corrected chi connectivity index (χ0v) is 25.0. The summed E-state index contributed by atoms with van der Waals surface area (Å²) in [6.45, 7) is 12.2. The standard InChI is InChI=1S/C31H38N8O3.H2/c1-6-7-8-12-38-26-15-25(33-27(26)28(40)39-20(2)34-35-29(38)39)24-16-32-37(19-24)17-21-9-10-23-18-36(13-11-22(23)14-21)30(41)42-31(3,4)5;/h9-10,14-16,19,33H,6-8,11-13,17-18H2,1-5H3;1H. The van der Waals surface area contributed by atoms with Crippen LogP contribution >= 0.6 is 0 Å². The summed E-state index contributed by atoms with van der Waals surface area (Å²) in [5.74, 6) is 1.15. The Kier molecular flexibility index (Phi) is 7.12. The molecule has 0 fully saturated rings. The van der Waals surface area contributed by atoms with Gasteiger partial charge in [0, 0.05) is 32.8 Å². The number of carbonyl (C=O) groups is 1. The van der Waals surface area contributed by atoms with Crippen LogP contribution in [0.2, 0.25) is 0 Å². The van der Waals surface area contributed by atoms with Crippen LogP contribution in [0.4, 0.5) is 4.79 Å². The molecule has 1 amide bonds. The van der Waals surface area contributed by atoms with Crippen LogP contribution in [0.3, 0.4) is 0 Å². The second-order valence-corrected chi connectivity index (χ2v) is 12.2. The lowest BCUT2D eigenvalue weighted by Gasteiger charge is -2.31. The Morgan fingerprint density at radius 1 is 1.14 bits per heavy atom. The molecule has 11 nitrogen and oxygen atoms in total. The van der Waals surface area contributed by atoms with E-state index in [0.29, 0.717) is 36.8 Å². The molecule has 0 atom stereocenters. The second kappa shape index (κ2) is 10.8. The Hall–Kier alpha value is -4.41. The number of fused-ring (bicyclic) bond motifs is 3. The summed E-state index contributed by atoms with van der Waals surface area (Å²) in [5, 5.41) is 13.1. The smallest absolute Gasteiger partial charge is 0.410 e. The fourth-order valence-corrected chi connectivity index (χ4v) is 5.66. The van der Waals surface area contributed by atoms with Crippen LogP contribution < -0.4 is 5.56 Å². The third kappa shape index (κ3) is 5.31. The summed E-state index contributed by atoms with van der Waals surface area (Å²) >= 11 is 0. The van der Waals surface area contributed by atoms with Crippen molar-refractivity contribution in [3.8, 4) is 11.3 Å². The molecule has 1 N–H and O–H groups in total. The molecule has 222 valence electrons. The van der Waals surface area contributed by atoms with Gasteiger partial charge in [-0.2, -0.15) is 5.10 Å². The minimum atomic E-state index is -0.508. The summed E-state index contributed by atoms with van der Waals surface area (Å²) in [4.78, 5) is 31.0. The normalized spacial score (nSPS) is 13.7. The summed E-state index contributed by atoms with van der Waals surface area (Å²) in [6.07, 6.45) is 7.54. The Balaban J connectivity index is 0.00000368. The van der Waals surface area contributed by atoms with Crippen molar-refractivity contribution in [2.24, 2.45) is 0 Å². The van der Waals surface area contributed by atoms with E-state index < -0.39 is 5.60 Å². The van der Waals surface area contributed by atoms with Gasteiger partial charge in [0.2, 0.25) is 5.78 Å². The van der Waals surface area contributed by atoms with Gasteiger partial charge in [-0.15, -0.1) is 10.2 Å². The van der Waals surface area contributed by atoms with Gasteiger partial charge in [-0.3, -0.25) is 9.48 Å². The van der Waals surface area contributed by atoms with Crippen molar-refractivity contribution < 1.29 is 11.0 Å². The van der Waals surface area contributed by atoms with Gasteiger partial charge in [-0.05, 0) is 63.3 Å². The molecule has 4 aromatic heterocycles. The molecule has 0 saturated heterocycles. The highest BCUT2D eigenvalue weighted by Gasteiger charge is 2.26. The fraction of sp³-hybridized carbons (Fsp3) is 0.452. The maximum Gasteiger partial charge on any atom is 0.410 e. The van der Waals surface area contributed by atoms with Crippen LogP contribution in [-0.2, 0) is 30.8 Å². The highest BCUT2D eigenvalue weighted by atomic mass is 16.6. The quantitative estimate of drug-likeness (QED) is 0.264. The third-order valence-corrected chi connectivity index (χ3v) is 7.76. The van der Waals surface area contributed by atoms with Gasteiger partial charge in [0.1, 0.15) is 16.9 Å². The molecular weight excluding hydrogens is 532 g/mol. The first kappa shape index (κ1) is 27.7. The minimum absolute atomic E-state index is 0. The molecule has 0 bridgehead atoms. The molecule has 6 rings (SSSR count). The molecule has 11 heteroatoms. The predicted octanol–water partition coefficient (Wildman–Crippen LogP) is 5.32. The highest BCUT2D eigenvalue weighted by molar-refractivity contribution is 5.83. The summed E-state index contributed by atoms with van der Waals surface area (Å²) in [6, 6.07) is 8.42. The van der Waals surface area contributed by atoms with Crippen molar-refractivity contribution >= 4 is 22.9 Å². The first-order valence-electron chi connectivity index (χ1n) is 14.7. The number of carbonyl (C=O) groups excluding carboxylic acids is 1. The Labute approximate surface area is 245 Å². The molecule has 0 radical (unpaired) electrons. The van der Waals surface area contributed by atoms with Crippen molar-refractivity contribution in [1.82, 2.24) is 38.8 Å². The van der Waals surface area contributed by atoms with Gasteiger partial charge < -0.3 is 19.2 Å². The van der Waals surface area contributed by atoms with Crippen molar-refractivity contribution in [1.29, 1.82) is 0 Å². The Morgan fingerprint density at radius 2 is 1.98 bits per heavy atom.